The third kappa shape index (κ3) is 2.77. The Kier molecular flexibility index (Phi) is 3.96. The average Bonchev–Trinajstić information content (AvgIpc) is 3.03. The first-order chi connectivity index (χ1) is 11.7. The van der Waals surface area contributed by atoms with Gasteiger partial charge in [-0.1, -0.05) is 48.2 Å². The average molecular weight is 350 g/mol. The second-order valence-electron chi connectivity index (χ2n) is 5.35. The van der Waals surface area contributed by atoms with E-state index in [1.165, 1.54) is 0 Å². The van der Waals surface area contributed by atoms with E-state index in [9.17, 15) is 4.79 Å². The predicted molar refractivity (Wildman–Crippen MR) is 103 cm³/mol. The van der Waals surface area contributed by atoms with Gasteiger partial charge in [0.2, 0.25) is 0 Å². The summed E-state index contributed by atoms with van der Waals surface area (Å²) < 4.78 is 2.11. The maximum absolute atomic E-state index is 12.7. The number of benzene rings is 3. The van der Waals surface area contributed by atoms with Crippen LogP contribution < -0.4 is 5.32 Å². The molecule has 1 amide bonds. The van der Waals surface area contributed by atoms with Crippen LogP contribution >= 0.6 is 23.1 Å². The van der Waals surface area contributed by atoms with Gasteiger partial charge in [0.05, 0.1) is 10.2 Å². The van der Waals surface area contributed by atoms with E-state index >= 15 is 0 Å². The molecule has 118 valence electrons. The van der Waals surface area contributed by atoms with Crippen LogP contribution in [0.3, 0.4) is 0 Å². The SMILES string of the molecule is CSc1nc2ccc(NC(=O)c3cccc4ccccc34)cc2s1. The van der Waals surface area contributed by atoms with E-state index in [1.807, 2.05) is 66.9 Å². The molecule has 1 aromatic heterocycles. The number of hydrogen-bond donors (Lipinski definition) is 1. The molecule has 0 radical (unpaired) electrons. The number of fused-ring (bicyclic) bond motifs is 2. The standard InChI is InChI=1S/C19H14N2OS2/c1-23-19-21-16-10-9-13(11-17(16)24-19)20-18(22)15-8-4-6-12-5-2-3-7-14(12)15/h2-11H,1H3,(H,20,22). The number of aromatic nitrogens is 1. The number of anilines is 1. The van der Waals surface area contributed by atoms with Gasteiger partial charge >= 0.3 is 0 Å². The molecule has 4 rings (SSSR count). The molecule has 0 atom stereocenters. The number of hydrogen-bond acceptors (Lipinski definition) is 4. The van der Waals surface area contributed by atoms with Crippen molar-refractivity contribution in [3.05, 3.63) is 66.2 Å². The largest absolute Gasteiger partial charge is 0.322 e. The molecule has 0 saturated heterocycles. The molecule has 0 aliphatic heterocycles. The molecule has 1 heterocycles. The zero-order chi connectivity index (χ0) is 16.5. The zero-order valence-electron chi connectivity index (χ0n) is 12.9. The minimum absolute atomic E-state index is 0.0965. The number of thioether (sulfide) groups is 1. The van der Waals surface area contributed by atoms with Crippen molar-refractivity contribution in [1.29, 1.82) is 0 Å². The summed E-state index contributed by atoms with van der Waals surface area (Å²) in [6.45, 7) is 0. The van der Waals surface area contributed by atoms with Gasteiger partial charge in [-0.05, 0) is 41.3 Å². The van der Waals surface area contributed by atoms with E-state index in [1.54, 1.807) is 23.1 Å². The Balaban J connectivity index is 1.68. The molecular weight excluding hydrogens is 336 g/mol. The van der Waals surface area contributed by atoms with Gasteiger partial charge in [0, 0.05) is 11.3 Å². The number of nitrogens with zero attached hydrogens (tertiary/aromatic N) is 1. The van der Waals surface area contributed by atoms with Crippen molar-refractivity contribution in [3.63, 3.8) is 0 Å². The summed E-state index contributed by atoms with van der Waals surface area (Å²) in [6.07, 6.45) is 2.01. The zero-order valence-corrected chi connectivity index (χ0v) is 14.6. The van der Waals surface area contributed by atoms with Gasteiger partial charge in [-0.25, -0.2) is 4.98 Å². The fourth-order valence-electron chi connectivity index (χ4n) is 2.69. The first-order valence-corrected chi connectivity index (χ1v) is 9.52. The highest BCUT2D eigenvalue weighted by Crippen LogP contribution is 2.30. The Bertz CT molecular complexity index is 1050. The number of rotatable bonds is 3. The van der Waals surface area contributed by atoms with Gasteiger partial charge in [0.25, 0.3) is 5.91 Å². The summed E-state index contributed by atoms with van der Waals surface area (Å²) >= 11 is 3.27. The second kappa shape index (κ2) is 6.26. The fraction of sp³-hybridized carbons (Fsp3) is 0.0526. The van der Waals surface area contributed by atoms with Crippen molar-refractivity contribution in [2.45, 2.75) is 4.34 Å². The summed E-state index contributed by atoms with van der Waals surface area (Å²) in [5, 5.41) is 5.02. The fourth-order valence-corrected chi connectivity index (χ4v) is 4.22. The third-order valence-electron chi connectivity index (χ3n) is 3.84. The lowest BCUT2D eigenvalue weighted by Crippen LogP contribution is -2.12. The molecule has 4 aromatic rings. The highest BCUT2D eigenvalue weighted by atomic mass is 32.2. The Morgan fingerprint density at radius 3 is 2.79 bits per heavy atom. The van der Waals surface area contributed by atoms with Gasteiger partial charge in [0.1, 0.15) is 0 Å². The first kappa shape index (κ1) is 15.2. The molecule has 1 N–H and O–H groups in total. The Labute approximate surface area is 147 Å². The predicted octanol–water partition coefficient (Wildman–Crippen LogP) is 5.42. The topological polar surface area (TPSA) is 42.0 Å². The molecule has 24 heavy (non-hydrogen) atoms. The normalized spacial score (nSPS) is 11.0. The van der Waals surface area contributed by atoms with Crippen molar-refractivity contribution in [3.8, 4) is 0 Å². The van der Waals surface area contributed by atoms with Gasteiger partial charge in [-0.3, -0.25) is 4.79 Å². The molecule has 0 aliphatic carbocycles. The molecule has 3 aromatic carbocycles. The molecule has 0 spiro atoms. The van der Waals surface area contributed by atoms with Crippen molar-refractivity contribution >= 4 is 55.7 Å². The monoisotopic (exact) mass is 350 g/mol. The lowest BCUT2D eigenvalue weighted by atomic mass is 10.0. The molecule has 0 saturated carbocycles. The van der Waals surface area contributed by atoms with Gasteiger partial charge in [-0.15, -0.1) is 11.3 Å². The maximum atomic E-state index is 12.7. The summed E-state index contributed by atoms with van der Waals surface area (Å²) in [5.74, 6) is -0.0965. The van der Waals surface area contributed by atoms with Crippen LogP contribution in [0.2, 0.25) is 0 Å². The van der Waals surface area contributed by atoms with Crippen LogP contribution in [0.25, 0.3) is 21.0 Å². The van der Waals surface area contributed by atoms with Gasteiger partial charge < -0.3 is 5.32 Å². The van der Waals surface area contributed by atoms with E-state index < -0.39 is 0 Å². The number of carbonyl (C=O) groups is 1. The van der Waals surface area contributed by atoms with E-state index in [-0.39, 0.29) is 5.91 Å². The van der Waals surface area contributed by atoms with Crippen molar-refractivity contribution in [1.82, 2.24) is 4.98 Å². The molecule has 5 heteroatoms. The minimum atomic E-state index is -0.0965. The van der Waals surface area contributed by atoms with Crippen molar-refractivity contribution < 1.29 is 4.79 Å². The van der Waals surface area contributed by atoms with Crippen LogP contribution in [0.1, 0.15) is 10.4 Å². The third-order valence-corrected chi connectivity index (χ3v) is 5.84. The van der Waals surface area contributed by atoms with E-state index in [2.05, 4.69) is 10.3 Å². The summed E-state index contributed by atoms with van der Waals surface area (Å²) in [7, 11) is 0. The van der Waals surface area contributed by atoms with Crippen LogP contribution in [-0.4, -0.2) is 17.1 Å². The van der Waals surface area contributed by atoms with E-state index in [0.717, 1.165) is 31.0 Å². The number of amides is 1. The molecule has 0 fully saturated rings. The lowest BCUT2D eigenvalue weighted by molar-refractivity contribution is 0.102. The number of carbonyl (C=O) groups excluding carboxylic acids is 1. The van der Waals surface area contributed by atoms with Crippen LogP contribution in [0.15, 0.2) is 65.0 Å². The van der Waals surface area contributed by atoms with Crippen LogP contribution in [0, 0.1) is 0 Å². The molecular formula is C19H14N2OS2. The van der Waals surface area contributed by atoms with Crippen molar-refractivity contribution in [2.24, 2.45) is 0 Å². The molecule has 0 bridgehead atoms. The summed E-state index contributed by atoms with van der Waals surface area (Å²) in [4.78, 5) is 17.2. The van der Waals surface area contributed by atoms with Crippen molar-refractivity contribution in [2.75, 3.05) is 11.6 Å². The number of thiazole rings is 1. The summed E-state index contributed by atoms with van der Waals surface area (Å²) in [5.41, 5.74) is 2.44. The highest BCUT2D eigenvalue weighted by Gasteiger charge is 2.11. The maximum Gasteiger partial charge on any atom is 0.256 e. The minimum Gasteiger partial charge on any atom is -0.322 e. The summed E-state index contributed by atoms with van der Waals surface area (Å²) in [6, 6.07) is 19.5. The molecule has 3 nitrogen and oxygen atoms in total. The lowest BCUT2D eigenvalue weighted by Gasteiger charge is -2.08. The first-order valence-electron chi connectivity index (χ1n) is 7.48. The Morgan fingerprint density at radius 2 is 1.92 bits per heavy atom. The van der Waals surface area contributed by atoms with Crippen LogP contribution in [-0.2, 0) is 0 Å². The second-order valence-corrected chi connectivity index (χ2v) is 7.43. The quantitative estimate of drug-likeness (QED) is 0.501. The highest BCUT2D eigenvalue weighted by molar-refractivity contribution is 8.00. The number of nitrogens with one attached hydrogen (secondary N) is 1. The van der Waals surface area contributed by atoms with Crippen LogP contribution in [0.5, 0.6) is 0 Å². The van der Waals surface area contributed by atoms with Gasteiger partial charge in [0.15, 0.2) is 4.34 Å². The smallest absolute Gasteiger partial charge is 0.256 e. The Morgan fingerprint density at radius 1 is 1.08 bits per heavy atom. The molecule has 0 aliphatic rings. The van der Waals surface area contributed by atoms with E-state index in [0.29, 0.717) is 5.56 Å². The molecule has 0 unspecified atom stereocenters. The van der Waals surface area contributed by atoms with E-state index in [4.69, 9.17) is 0 Å². The van der Waals surface area contributed by atoms with Gasteiger partial charge in [-0.2, -0.15) is 0 Å². The Hall–Kier alpha value is -2.37. The van der Waals surface area contributed by atoms with Crippen LogP contribution in [0.4, 0.5) is 5.69 Å².